The average molecular weight is 273 g/mol. The Morgan fingerprint density at radius 2 is 1.74 bits per heavy atom. The lowest BCUT2D eigenvalue weighted by atomic mass is 10.1. The monoisotopic (exact) mass is 273 g/mol. The van der Waals surface area contributed by atoms with Crippen LogP contribution in [0.3, 0.4) is 0 Å². The van der Waals surface area contributed by atoms with Crippen LogP contribution in [0.25, 0.3) is 0 Å². The molecule has 3 N–H and O–H groups in total. The zero-order valence-corrected chi connectivity index (χ0v) is 13.4. The van der Waals surface area contributed by atoms with Gasteiger partial charge in [0.1, 0.15) is 5.60 Å². The van der Waals surface area contributed by atoms with E-state index >= 15 is 0 Å². The zero-order chi connectivity index (χ0) is 15.1. The van der Waals surface area contributed by atoms with Crippen LogP contribution in [0.5, 0.6) is 0 Å². The smallest absolute Gasteiger partial charge is 0.410 e. The van der Waals surface area contributed by atoms with Gasteiger partial charge in [-0.1, -0.05) is 0 Å². The number of carbonyl (C=O) groups excluding carboxylic acids is 1. The second-order valence-electron chi connectivity index (χ2n) is 6.70. The third-order valence-corrected chi connectivity index (χ3v) is 2.49. The number of carbonyl (C=O) groups is 1. The van der Waals surface area contributed by atoms with E-state index < -0.39 is 5.60 Å². The van der Waals surface area contributed by atoms with Crippen LogP contribution >= 0.6 is 0 Å². The van der Waals surface area contributed by atoms with Crippen LogP contribution in [0.15, 0.2) is 0 Å². The summed E-state index contributed by atoms with van der Waals surface area (Å²) >= 11 is 0. The molecule has 0 aromatic rings. The van der Waals surface area contributed by atoms with E-state index in [9.17, 15) is 4.79 Å². The van der Waals surface area contributed by atoms with Crippen LogP contribution in [-0.4, -0.2) is 48.3 Å². The summed E-state index contributed by atoms with van der Waals surface area (Å²) in [5.74, 6) is 0. The van der Waals surface area contributed by atoms with Crippen LogP contribution in [0, 0.1) is 0 Å². The van der Waals surface area contributed by atoms with E-state index in [1.807, 2.05) is 41.5 Å². The molecule has 0 spiro atoms. The highest BCUT2D eigenvalue weighted by molar-refractivity contribution is 5.69. The predicted molar refractivity (Wildman–Crippen MR) is 79.2 cm³/mol. The summed E-state index contributed by atoms with van der Waals surface area (Å²) in [7, 11) is 0. The fourth-order valence-corrected chi connectivity index (χ4v) is 1.56. The molecule has 0 saturated heterocycles. The zero-order valence-electron chi connectivity index (χ0n) is 13.4. The van der Waals surface area contributed by atoms with Crippen LogP contribution in [-0.2, 0) is 4.74 Å². The summed E-state index contributed by atoms with van der Waals surface area (Å²) in [6, 6.07) is 0. The Hall–Kier alpha value is -0.810. The Bertz CT molecular complexity index is 267. The van der Waals surface area contributed by atoms with E-state index in [-0.39, 0.29) is 11.6 Å². The first-order valence-corrected chi connectivity index (χ1v) is 6.99. The van der Waals surface area contributed by atoms with Crippen molar-refractivity contribution in [3.8, 4) is 0 Å². The number of rotatable bonds is 6. The highest BCUT2D eigenvalue weighted by Crippen LogP contribution is 2.17. The predicted octanol–water partition coefficient (Wildman–Crippen LogP) is 1.96. The second-order valence-corrected chi connectivity index (χ2v) is 6.70. The minimum Gasteiger partial charge on any atom is -0.444 e. The lowest BCUT2D eigenvalue weighted by molar-refractivity contribution is 0.00666. The van der Waals surface area contributed by atoms with Crippen molar-refractivity contribution < 1.29 is 9.53 Å². The quantitative estimate of drug-likeness (QED) is 0.726. The van der Waals surface area contributed by atoms with Gasteiger partial charge < -0.3 is 20.7 Å². The number of nitrogens with zero attached hydrogens (tertiary/aromatic N) is 1. The van der Waals surface area contributed by atoms with Gasteiger partial charge in [0.25, 0.3) is 0 Å². The fraction of sp³-hybridized carbons (Fsp3) is 0.929. The van der Waals surface area contributed by atoms with Crippen LogP contribution in [0.1, 0.15) is 48.0 Å². The summed E-state index contributed by atoms with van der Waals surface area (Å²) in [5, 5.41) is 3.28. The van der Waals surface area contributed by atoms with Crippen molar-refractivity contribution in [1.29, 1.82) is 0 Å². The van der Waals surface area contributed by atoms with Crippen molar-refractivity contribution >= 4 is 6.09 Å². The van der Waals surface area contributed by atoms with Gasteiger partial charge >= 0.3 is 6.09 Å². The molecule has 0 aromatic heterocycles. The molecule has 19 heavy (non-hydrogen) atoms. The first-order valence-electron chi connectivity index (χ1n) is 6.99. The maximum atomic E-state index is 12.2. The van der Waals surface area contributed by atoms with Crippen molar-refractivity contribution in [1.82, 2.24) is 10.2 Å². The molecule has 5 nitrogen and oxygen atoms in total. The average Bonchev–Trinajstić information content (AvgIpc) is 2.18. The van der Waals surface area contributed by atoms with Crippen molar-refractivity contribution in [2.45, 2.75) is 59.1 Å². The van der Waals surface area contributed by atoms with Crippen LogP contribution in [0.2, 0.25) is 0 Å². The molecular weight excluding hydrogens is 242 g/mol. The Labute approximate surface area is 117 Å². The second kappa shape index (κ2) is 7.70. The molecule has 0 aliphatic rings. The molecule has 5 heteroatoms. The molecule has 0 heterocycles. The van der Waals surface area contributed by atoms with Gasteiger partial charge in [-0.3, -0.25) is 0 Å². The van der Waals surface area contributed by atoms with Gasteiger partial charge in [-0.15, -0.1) is 0 Å². The first-order chi connectivity index (χ1) is 8.58. The summed E-state index contributed by atoms with van der Waals surface area (Å²) in [5.41, 5.74) is 4.72. The summed E-state index contributed by atoms with van der Waals surface area (Å²) in [6.45, 7) is 14.6. The minimum atomic E-state index is -0.465. The molecule has 0 saturated carbocycles. The number of nitrogens with one attached hydrogen (secondary N) is 1. The van der Waals surface area contributed by atoms with E-state index in [1.54, 1.807) is 4.90 Å². The summed E-state index contributed by atoms with van der Waals surface area (Å²) in [6.07, 6.45) is 0.683. The first kappa shape index (κ1) is 18.2. The number of nitrogens with two attached hydrogens (primary N) is 1. The SMILES string of the molecule is CC(C)(C)OC(=O)N(CCNCCCN)C(C)(C)C. The molecule has 0 unspecified atom stereocenters. The molecule has 0 aromatic carbocycles. The normalized spacial score (nSPS) is 12.4. The maximum absolute atomic E-state index is 12.2. The molecule has 0 rings (SSSR count). The van der Waals surface area contributed by atoms with Gasteiger partial charge in [0.05, 0.1) is 0 Å². The van der Waals surface area contributed by atoms with Gasteiger partial charge in [-0.05, 0) is 61.1 Å². The molecule has 0 atom stereocenters. The van der Waals surface area contributed by atoms with Gasteiger partial charge in [0.15, 0.2) is 0 Å². The number of ether oxygens (including phenoxy) is 1. The van der Waals surface area contributed by atoms with Crippen molar-refractivity contribution in [3.05, 3.63) is 0 Å². The van der Waals surface area contributed by atoms with Crippen molar-refractivity contribution in [2.75, 3.05) is 26.2 Å². The lowest BCUT2D eigenvalue weighted by Gasteiger charge is -2.36. The Kier molecular flexibility index (Phi) is 7.37. The van der Waals surface area contributed by atoms with E-state index in [1.165, 1.54) is 0 Å². The van der Waals surface area contributed by atoms with Gasteiger partial charge in [-0.2, -0.15) is 0 Å². The molecular formula is C14H31N3O2. The van der Waals surface area contributed by atoms with Crippen molar-refractivity contribution in [3.63, 3.8) is 0 Å². The number of hydrogen-bond acceptors (Lipinski definition) is 4. The van der Waals surface area contributed by atoms with Gasteiger partial charge in [0.2, 0.25) is 0 Å². The molecule has 0 aliphatic carbocycles. The highest BCUT2D eigenvalue weighted by atomic mass is 16.6. The van der Waals surface area contributed by atoms with E-state index in [2.05, 4.69) is 5.32 Å². The van der Waals surface area contributed by atoms with E-state index in [4.69, 9.17) is 10.5 Å². The Morgan fingerprint density at radius 1 is 1.16 bits per heavy atom. The molecule has 0 aliphatic heterocycles. The molecule has 0 bridgehead atoms. The van der Waals surface area contributed by atoms with Crippen LogP contribution in [0.4, 0.5) is 4.79 Å². The van der Waals surface area contributed by atoms with Gasteiger partial charge in [-0.25, -0.2) is 4.79 Å². The maximum Gasteiger partial charge on any atom is 0.410 e. The topological polar surface area (TPSA) is 67.6 Å². The molecule has 1 amide bonds. The van der Waals surface area contributed by atoms with Crippen LogP contribution < -0.4 is 11.1 Å². The standard InChI is InChI=1S/C14H31N3O2/c1-13(2,3)17(11-10-16-9-7-8-15)12(18)19-14(4,5)6/h16H,7-11,15H2,1-6H3. The largest absolute Gasteiger partial charge is 0.444 e. The Balaban J connectivity index is 4.37. The minimum absolute atomic E-state index is 0.252. The highest BCUT2D eigenvalue weighted by Gasteiger charge is 2.29. The van der Waals surface area contributed by atoms with E-state index in [0.29, 0.717) is 13.1 Å². The molecule has 0 fully saturated rings. The van der Waals surface area contributed by atoms with E-state index in [0.717, 1.165) is 19.5 Å². The molecule has 0 radical (unpaired) electrons. The lowest BCUT2D eigenvalue weighted by Crippen LogP contribution is -2.50. The van der Waals surface area contributed by atoms with Gasteiger partial charge in [0, 0.05) is 18.6 Å². The van der Waals surface area contributed by atoms with Crippen molar-refractivity contribution in [2.24, 2.45) is 5.73 Å². The summed E-state index contributed by atoms with van der Waals surface area (Å²) < 4.78 is 5.44. The number of hydrogen-bond donors (Lipinski definition) is 2. The third-order valence-electron chi connectivity index (χ3n) is 2.49. The molecule has 114 valence electrons. The summed E-state index contributed by atoms with van der Waals surface area (Å²) in [4.78, 5) is 13.9. The third kappa shape index (κ3) is 8.83. The Morgan fingerprint density at radius 3 is 2.16 bits per heavy atom. The number of amides is 1. The fourth-order valence-electron chi connectivity index (χ4n) is 1.56.